The fourth-order valence-corrected chi connectivity index (χ4v) is 3.02. The van der Waals surface area contributed by atoms with E-state index in [0.29, 0.717) is 18.1 Å². The molecule has 0 spiro atoms. The first-order chi connectivity index (χ1) is 9.78. The van der Waals surface area contributed by atoms with Gasteiger partial charge in [-0.3, -0.25) is 9.20 Å². The highest BCUT2D eigenvalue weighted by Crippen LogP contribution is 2.39. The molecule has 1 aliphatic rings. The Bertz CT molecular complexity index is 616. The van der Waals surface area contributed by atoms with Crippen LogP contribution in [0.5, 0.6) is 0 Å². The van der Waals surface area contributed by atoms with Crippen LogP contribution >= 0.6 is 0 Å². The zero-order chi connectivity index (χ0) is 14.0. The number of ether oxygens (including phenoxy) is 1. The number of aromatic nitrogens is 4. The van der Waals surface area contributed by atoms with Gasteiger partial charge in [-0.25, -0.2) is 4.98 Å². The minimum atomic E-state index is -0.670. The quantitative estimate of drug-likeness (QED) is 0.799. The summed E-state index contributed by atoms with van der Waals surface area (Å²) in [7, 11) is 0. The Labute approximate surface area is 117 Å². The maximum atomic E-state index is 12.5. The molecule has 0 N–H and O–H groups in total. The Morgan fingerprint density at radius 1 is 1.35 bits per heavy atom. The minimum absolute atomic E-state index is 0.183. The normalized spacial score (nSPS) is 18.1. The monoisotopic (exact) mass is 274 g/mol. The van der Waals surface area contributed by atoms with E-state index >= 15 is 0 Å². The van der Waals surface area contributed by atoms with E-state index in [1.54, 1.807) is 18.6 Å². The molecule has 20 heavy (non-hydrogen) atoms. The third-order valence-electron chi connectivity index (χ3n) is 4.02. The number of rotatable bonds is 3. The van der Waals surface area contributed by atoms with Gasteiger partial charge in [-0.2, -0.15) is 0 Å². The highest BCUT2D eigenvalue weighted by Gasteiger charge is 2.46. The molecule has 0 atom stereocenters. The van der Waals surface area contributed by atoms with Crippen molar-refractivity contribution < 1.29 is 9.53 Å². The summed E-state index contributed by atoms with van der Waals surface area (Å²) in [5, 5.41) is 8.41. The van der Waals surface area contributed by atoms with E-state index in [1.807, 2.05) is 11.3 Å². The second kappa shape index (κ2) is 5.19. The molecule has 0 aromatic carbocycles. The number of carbonyl (C=O) groups excluding carboxylic acids is 1. The summed E-state index contributed by atoms with van der Waals surface area (Å²) in [6.45, 7) is 2.22. The van der Waals surface area contributed by atoms with Gasteiger partial charge in [0.2, 0.25) is 0 Å². The molecule has 6 heteroatoms. The average Bonchev–Trinajstić information content (AvgIpc) is 2.92. The van der Waals surface area contributed by atoms with Crippen molar-refractivity contribution in [3.05, 3.63) is 24.4 Å². The molecule has 1 aliphatic carbocycles. The van der Waals surface area contributed by atoms with Crippen LogP contribution in [0.25, 0.3) is 5.65 Å². The lowest BCUT2D eigenvalue weighted by Crippen LogP contribution is -2.41. The Kier molecular flexibility index (Phi) is 3.38. The van der Waals surface area contributed by atoms with Gasteiger partial charge in [0.05, 0.1) is 6.61 Å². The van der Waals surface area contributed by atoms with Crippen molar-refractivity contribution in [1.29, 1.82) is 0 Å². The highest BCUT2D eigenvalue weighted by atomic mass is 16.5. The van der Waals surface area contributed by atoms with Crippen LogP contribution in [0.3, 0.4) is 0 Å². The van der Waals surface area contributed by atoms with E-state index in [2.05, 4.69) is 15.2 Å². The van der Waals surface area contributed by atoms with E-state index in [9.17, 15) is 4.79 Å². The van der Waals surface area contributed by atoms with E-state index in [1.165, 1.54) is 0 Å². The standard InChI is InChI=1S/C14H18N4O2/c1-2-20-13(19)14(7-4-3-5-8-14)12-17-16-11-6-9-15-10-18(11)12/h6,9-10H,2-5,7-8H2,1H3. The Balaban J connectivity index is 2.11. The minimum Gasteiger partial charge on any atom is -0.465 e. The van der Waals surface area contributed by atoms with Crippen LogP contribution in [0.1, 0.15) is 44.9 Å². The lowest BCUT2D eigenvalue weighted by Gasteiger charge is -2.33. The molecule has 0 bridgehead atoms. The largest absolute Gasteiger partial charge is 0.465 e. The molecule has 2 aromatic heterocycles. The smallest absolute Gasteiger partial charge is 0.319 e. The first kappa shape index (κ1) is 13.0. The van der Waals surface area contributed by atoms with E-state index in [4.69, 9.17) is 4.74 Å². The molecule has 106 valence electrons. The second-order valence-electron chi connectivity index (χ2n) is 5.20. The van der Waals surface area contributed by atoms with Crippen LogP contribution in [-0.4, -0.2) is 32.2 Å². The first-order valence-corrected chi connectivity index (χ1v) is 7.10. The molecular formula is C14H18N4O2. The van der Waals surface area contributed by atoms with Gasteiger partial charge < -0.3 is 4.74 Å². The first-order valence-electron chi connectivity index (χ1n) is 7.10. The van der Waals surface area contributed by atoms with Gasteiger partial charge >= 0.3 is 5.97 Å². The number of esters is 1. The predicted molar refractivity (Wildman–Crippen MR) is 72.2 cm³/mol. The summed E-state index contributed by atoms with van der Waals surface area (Å²) in [6.07, 6.45) is 8.03. The van der Waals surface area contributed by atoms with Crippen molar-refractivity contribution in [2.45, 2.75) is 44.4 Å². The van der Waals surface area contributed by atoms with Gasteiger partial charge in [0.1, 0.15) is 11.7 Å². The zero-order valence-electron chi connectivity index (χ0n) is 11.6. The molecule has 1 saturated carbocycles. The summed E-state index contributed by atoms with van der Waals surface area (Å²) >= 11 is 0. The fraction of sp³-hybridized carbons (Fsp3) is 0.571. The number of hydrogen-bond donors (Lipinski definition) is 0. The van der Waals surface area contributed by atoms with Crippen LogP contribution < -0.4 is 0 Å². The molecule has 2 aromatic rings. The highest BCUT2D eigenvalue weighted by molar-refractivity contribution is 5.82. The van der Waals surface area contributed by atoms with E-state index < -0.39 is 5.41 Å². The summed E-state index contributed by atoms with van der Waals surface area (Å²) in [5.74, 6) is 0.483. The van der Waals surface area contributed by atoms with Crippen LogP contribution in [0.4, 0.5) is 0 Å². The van der Waals surface area contributed by atoms with Crippen molar-refractivity contribution in [3.63, 3.8) is 0 Å². The molecule has 0 radical (unpaired) electrons. The lowest BCUT2D eigenvalue weighted by atomic mass is 9.73. The maximum Gasteiger partial charge on any atom is 0.319 e. The van der Waals surface area contributed by atoms with Crippen LogP contribution in [0.15, 0.2) is 18.6 Å². The molecule has 0 amide bonds. The number of hydrogen-bond acceptors (Lipinski definition) is 5. The van der Waals surface area contributed by atoms with Crippen molar-refractivity contribution in [2.75, 3.05) is 6.61 Å². The average molecular weight is 274 g/mol. The van der Waals surface area contributed by atoms with Crippen molar-refractivity contribution in [2.24, 2.45) is 0 Å². The third-order valence-corrected chi connectivity index (χ3v) is 4.02. The van der Waals surface area contributed by atoms with Crippen molar-refractivity contribution in [3.8, 4) is 0 Å². The summed E-state index contributed by atoms with van der Waals surface area (Å²) < 4.78 is 7.12. The van der Waals surface area contributed by atoms with Gasteiger partial charge in [-0.05, 0) is 19.8 Å². The maximum absolute atomic E-state index is 12.5. The lowest BCUT2D eigenvalue weighted by molar-refractivity contribution is -0.152. The van der Waals surface area contributed by atoms with Crippen LogP contribution in [-0.2, 0) is 14.9 Å². The third kappa shape index (κ3) is 1.95. The van der Waals surface area contributed by atoms with Crippen molar-refractivity contribution >= 4 is 11.6 Å². The molecule has 2 heterocycles. The Morgan fingerprint density at radius 2 is 2.15 bits per heavy atom. The Hall–Kier alpha value is -1.98. The molecule has 1 fully saturated rings. The van der Waals surface area contributed by atoms with Gasteiger partial charge in [-0.1, -0.05) is 19.3 Å². The fourth-order valence-electron chi connectivity index (χ4n) is 3.02. The van der Waals surface area contributed by atoms with E-state index in [0.717, 1.165) is 32.1 Å². The number of carbonyl (C=O) groups is 1. The van der Waals surface area contributed by atoms with Gasteiger partial charge in [0.15, 0.2) is 11.5 Å². The van der Waals surface area contributed by atoms with Gasteiger partial charge in [0, 0.05) is 12.3 Å². The van der Waals surface area contributed by atoms with E-state index in [-0.39, 0.29) is 5.97 Å². The predicted octanol–water partition coefficient (Wildman–Crippen LogP) is 1.89. The number of nitrogens with zero attached hydrogens (tertiary/aromatic N) is 4. The van der Waals surface area contributed by atoms with Crippen LogP contribution in [0.2, 0.25) is 0 Å². The Morgan fingerprint density at radius 3 is 2.90 bits per heavy atom. The van der Waals surface area contributed by atoms with Gasteiger partial charge in [-0.15, -0.1) is 10.2 Å². The molecule has 0 aliphatic heterocycles. The van der Waals surface area contributed by atoms with Crippen molar-refractivity contribution in [1.82, 2.24) is 19.6 Å². The molecule has 0 saturated heterocycles. The SMILES string of the molecule is CCOC(=O)C1(c2nnc3ccncn23)CCCCC1. The summed E-state index contributed by atoms with van der Waals surface area (Å²) in [6, 6.07) is 1.79. The molecule has 6 nitrogen and oxygen atoms in total. The molecular weight excluding hydrogens is 256 g/mol. The molecule has 0 unspecified atom stereocenters. The second-order valence-corrected chi connectivity index (χ2v) is 5.20. The van der Waals surface area contributed by atoms with Gasteiger partial charge in [0.25, 0.3) is 0 Å². The topological polar surface area (TPSA) is 69.4 Å². The molecule has 3 rings (SSSR count). The zero-order valence-corrected chi connectivity index (χ0v) is 11.6. The summed E-state index contributed by atoms with van der Waals surface area (Å²) in [4.78, 5) is 16.6. The summed E-state index contributed by atoms with van der Waals surface area (Å²) in [5.41, 5.74) is 0.0423. The van der Waals surface area contributed by atoms with Crippen LogP contribution in [0, 0.1) is 0 Å². The number of fused-ring (bicyclic) bond motifs is 1.